The van der Waals surface area contributed by atoms with E-state index in [1.807, 2.05) is 0 Å². The van der Waals surface area contributed by atoms with Gasteiger partial charge in [0.1, 0.15) is 0 Å². The lowest BCUT2D eigenvalue weighted by Crippen LogP contribution is -2.63. The van der Waals surface area contributed by atoms with Gasteiger partial charge in [-0.3, -0.25) is 14.5 Å². The molecule has 27 heavy (non-hydrogen) atoms. The van der Waals surface area contributed by atoms with Gasteiger partial charge >= 0.3 is 11.9 Å². The summed E-state index contributed by atoms with van der Waals surface area (Å²) in [6.07, 6.45) is 2.86. The van der Waals surface area contributed by atoms with Crippen molar-refractivity contribution < 1.29 is 29.0 Å². The van der Waals surface area contributed by atoms with E-state index in [0.29, 0.717) is 11.5 Å². The van der Waals surface area contributed by atoms with Crippen molar-refractivity contribution in [3.8, 4) is 5.69 Å². The van der Waals surface area contributed by atoms with E-state index in [0.717, 1.165) is 6.92 Å². The second-order valence-electron chi connectivity index (χ2n) is 5.96. The van der Waals surface area contributed by atoms with Crippen LogP contribution in [0.4, 0.5) is 5.82 Å². The first-order valence-corrected chi connectivity index (χ1v) is 8.01. The van der Waals surface area contributed by atoms with E-state index in [1.54, 1.807) is 18.3 Å². The summed E-state index contributed by atoms with van der Waals surface area (Å²) in [5.41, 5.74) is -1.24. The fraction of sp³-hybridized carbons (Fsp3) is 0.375. The van der Waals surface area contributed by atoms with Crippen LogP contribution >= 0.6 is 0 Å². The van der Waals surface area contributed by atoms with Crippen molar-refractivity contribution in [3.05, 3.63) is 30.7 Å². The van der Waals surface area contributed by atoms with Gasteiger partial charge in [-0.2, -0.15) is 10.2 Å². The fourth-order valence-corrected chi connectivity index (χ4v) is 2.77. The van der Waals surface area contributed by atoms with Gasteiger partial charge in [0.25, 0.3) is 5.91 Å². The number of aromatic nitrogens is 4. The normalized spacial score (nSPS) is 21.0. The Hall–Kier alpha value is -3.34. The molecule has 1 saturated heterocycles. The minimum absolute atomic E-state index is 0.0525. The summed E-state index contributed by atoms with van der Waals surface area (Å²) in [5.74, 6) is -2.67. The van der Waals surface area contributed by atoms with E-state index < -0.39 is 29.6 Å². The maximum absolute atomic E-state index is 13.0. The zero-order valence-corrected chi connectivity index (χ0v) is 14.6. The molecule has 0 saturated carbocycles. The number of carboxylic acids is 1. The average molecular weight is 375 g/mol. The maximum Gasteiger partial charge on any atom is 0.348 e. The van der Waals surface area contributed by atoms with Crippen LogP contribution in [0.5, 0.6) is 0 Å². The number of rotatable bonds is 5. The van der Waals surface area contributed by atoms with E-state index in [9.17, 15) is 19.5 Å². The van der Waals surface area contributed by atoms with Gasteiger partial charge in [-0.1, -0.05) is 0 Å². The van der Waals surface area contributed by atoms with Gasteiger partial charge < -0.3 is 14.6 Å². The second-order valence-corrected chi connectivity index (χ2v) is 5.96. The minimum Gasteiger partial charge on any atom is -0.478 e. The molecule has 0 aromatic carbocycles. The third-order valence-electron chi connectivity index (χ3n) is 4.08. The van der Waals surface area contributed by atoms with Crippen molar-refractivity contribution in [2.24, 2.45) is 0 Å². The van der Waals surface area contributed by atoms with Crippen LogP contribution in [0.3, 0.4) is 0 Å². The lowest BCUT2D eigenvalue weighted by atomic mass is 9.95. The van der Waals surface area contributed by atoms with Crippen LogP contribution in [0.1, 0.15) is 13.8 Å². The summed E-state index contributed by atoms with van der Waals surface area (Å²) >= 11 is 0. The molecule has 3 heterocycles. The number of hydrogen-bond donors (Lipinski definition) is 1. The number of nitrogens with zero attached hydrogens (tertiary/aromatic N) is 5. The van der Waals surface area contributed by atoms with Crippen molar-refractivity contribution in [1.82, 2.24) is 20.0 Å². The number of morpholine rings is 1. The predicted molar refractivity (Wildman–Crippen MR) is 89.1 cm³/mol. The van der Waals surface area contributed by atoms with Gasteiger partial charge in [0.15, 0.2) is 11.4 Å². The van der Waals surface area contributed by atoms with Crippen LogP contribution in [0.25, 0.3) is 5.69 Å². The number of esters is 1. The van der Waals surface area contributed by atoms with Gasteiger partial charge in [0.05, 0.1) is 31.2 Å². The zero-order valence-electron chi connectivity index (χ0n) is 14.6. The number of anilines is 1. The number of carbonyl (C=O) groups excluding carboxylic acids is 2. The summed E-state index contributed by atoms with van der Waals surface area (Å²) in [4.78, 5) is 37.1. The highest BCUT2D eigenvalue weighted by molar-refractivity contribution is 6.02. The van der Waals surface area contributed by atoms with Gasteiger partial charge in [-0.25, -0.2) is 9.48 Å². The Kier molecular flexibility index (Phi) is 4.86. The van der Waals surface area contributed by atoms with Gasteiger partial charge in [-0.05, 0) is 13.0 Å². The smallest absolute Gasteiger partial charge is 0.348 e. The van der Waals surface area contributed by atoms with Crippen LogP contribution in [0.2, 0.25) is 0 Å². The SMILES string of the molecule is CC(=O)O[C@@H](C(=O)O)C1(C)OCCN(c2ccn(-c3ccnnc3)n2)C1=O. The third kappa shape index (κ3) is 3.49. The van der Waals surface area contributed by atoms with Gasteiger partial charge in [0, 0.05) is 19.2 Å². The molecule has 1 fully saturated rings. The molecule has 11 heteroatoms. The number of aliphatic carboxylic acids is 1. The van der Waals surface area contributed by atoms with E-state index in [-0.39, 0.29) is 13.2 Å². The molecule has 11 nitrogen and oxygen atoms in total. The predicted octanol–water partition coefficient (Wildman–Crippen LogP) is -0.199. The quantitative estimate of drug-likeness (QED) is 0.704. The highest BCUT2D eigenvalue weighted by Gasteiger charge is 2.53. The summed E-state index contributed by atoms with van der Waals surface area (Å²) in [6, 6.07) is 3.29. The van der Waals surface area contributed by atoms with E-state index in [2.05, 4.69) is 15.3 Å². The lowest BCUT2D eigenvalue weighted by molar-refractivity contribution is -0.193. The van der Waals surface area contributed by atoms with Crippen molar-refractivity contribution in [2.75, 3.05) is 18.1 Å². The lowest BCUT2D eigenvalue weighted by Gasteiger charge is -2.40. The van der Waals surface area contributed by atoms with Crippen LogP contribution < -0.4 is 4.90 Å². The molecule has 1 N–H and O–H groups in total. The summed E-state index contributed by atoms with van der Waals surface area (Å²) < 4.78 is 11.8. The Balaban J connectivity index is 1.90. The maximum atomic E-state index is 13.0. The second kappa shape index (κ2) is 7.11. The molecule has 0 spiro atoms. The number of amides is 1. The topological polar surface area (TPSA) is 137 Å². The Labute approximate surface area is 153 Å². The molecule has 1 aliphatic rings. The molecule has 0 aliphatic carbocycles. The Morgan fingerprint density at radius 1 is 1.37 bits per heavy atom. The molecule has 0 radical (unpaired) electrons. The molecule has 0 bridgehead atoms. The first-order valence-electron chi connectivity index (χ1n) is 8.01. The molecule has 1 unspecified atom stereocenters. The first-order chi connectivity index (χ1) is 12.8. The fourth-order valence-electron chi connectivity index (χ4n) is 2.77. The Morgan fingerprint density at radius 2 is 2.15 bits per heavy atom. The van der Waals surface area contributed by atoms with Crippen molar-refractivity contribution >= 4 is 23.7 Å². The molecule has 142 valence electrons. The third-order valence-corrected chi connectivity index (χ3v) is 4.08. The molecule has 3 rings (SSSR count). The van der Waals surface area contributed by atoms with Crippen LogP contribution in [0.15, 0.2) is 30.7 Å². The molecule has 2 aromatic rings. The van der Waals surface area contributed by atoms with E-state index in [1.165, 1.54) is 28.9 Å². The van der Waals surface area contributed by atoms with Gasteiger partial charge in [0.2, 0.25) is 6.10 Å². The molecular weight excluding hydrogens is 358 g/mol. The number of hydrogen-bond acceptors (Lipinski definition) is 8. The zero-order chi connectivity index (χ0) is 19.6. The van der Waals surface area contributed by atoms with Crippen molar-refractivity contribution in [2.45, 2.75) is 25.6 Å². The van der Waals surface area contributed by atoms with Crippen LogP contribution in [-0.2, 0) is 23.9 Å². The standard InChI is InChI=1S/C16H17N5O6/c1-10(22)27-13(14(23)24)16(2)15(25)20(7-8-26-16)12-4-6-21(19-12)11-3-5-17-18-9-11/h3-6,9,13H,7-8H2,1-2H3,(H,23,24)/t13-,16?/m0/s1. The number of carboxylic acid groups (broad SMARTS) is 1. The molecular formula is C16H17N5O6. The van der Waals surface area contributed by atoms with Gasteiger partial charge in [-0.15, -0.1) is 5.10 Å². The highest BCUT2D eigenvalue weighted by Crippen LogP contribution is 2.29. The molecule has 1 aliphatic heterocycles. The largest absolute Gasteiger partial charge is 0.478 e. The molecule has 2 aromatic heterocycles. The van der Waals surface area contributed by atoms with Crippen LogP contribution in [0, 0.1) is 0 Å². The summed E-state index contributed by atoms with van der Waals surface area (Å²) in [6.45, 7) is 2.57. The summed E-state index contributed by atoms with van der Waals surface area (Å²) in [5, 5.41) is 21.2. The number of ether oxygens (including phenoxy) is 2. The molecule has 1 amide bonds. The van der Waals surface area contributed by atoms with Crippen LogP contribution in [-0.4, -0.2) is 67.8 Å². The van der Waals surface area contributed by atoms with E-state index in [4.69, 9.17) is 9.47 Å². The van der Waals surface area contributed by atoms with Crippen molar-refractivity contribution in [3.63, 3.8) is 0 Å². The minimum atomic E-state index is -1.88. The Bertz CT molecular complexity index is 869. The Morgan fingerprint density at radius 3 is 2.78 bits per heavy atom. The average Bonchev–Trinajstić information content (AvgIpc) is 3.12. The summed E-state index contributed by atoms with van der Waals surface area (Å²) in [7, 11) is 0. The monoisotopic (exact) mass is 375 g/mol. The first kappa shape index (κ1) is 18.5. The van der Waals surface area contributed by atoms with E-state index >= 15 is 0 Å². The molecule has 2 atom stereocenters. The highest BCUT2D eigenvalue weighted by atomic mass is 16.6. The number of carbonyl (C=O) groups is 3. The van der Waals surface area contributed by atoms with Crippen molar-refractivity contribution in [1.29, 1.82) is 0 Å².